The number of nitrogens with zero attached hydrogens (tertiary/aromatic N) is 2. The Morgan fingerprint density at radius 1 is 1.31 bits per heavy atom. The zero-order valence-electron chi connectivity index (χ0n) is 10.3. The van der Waals surface area contributed by atoms with Crippen molar-refractivity contribution in [2.75, 3.05) is 33.7 Å². The average Bonchev–Trinajstić information content (AvgIpc) is 2.20. The Bertz CT molecular complexity index is 258. The first kappa shape index (κ1) is 13.0. The lowest BCUT2D eigenvalue weighted by Gasteiger charge is -2.32. The number of nitrogens with one attached hydrogen (secondary N) is 1. The molecule has 0 unspecified atom stereocenters. The van der Waals surface area contributed by atoms with Gasteiger partial charge in [-0.1, -0.05) is 0 Å². The second-order valence-electron chi connectivity index (χ2n) is 4.54. The second kappa shape index (κ2) is 5.84. The zero-order chi connectivity index (χ0) is 12.1. The van der Waals surface area contributed by atoms with Crippen LogP contribution in [0.2, 0.25) is 0 Å². The van der Waals surface area contributed by atoms with Crippen molar-refractivity contribution in [3.8, 4) is 0 Å². The number of rotatable bonds is 3. The second-order valence-corrected chi connectivity index (χ2v) is 4.54. The van der Waals surface area contributed by atoms with Crippen molar-refractivity contribution < 1.29 is 9.59 Å². The largest absolute Gasteiger partial charge is 0.354 e. The molecule has 0 aromatic rings. The van der Waals surface area contributed by atoms with E-state index in [0.717, 1.165) is 25.9 Å². The maximum absolute atomic E-state index is 11.5. The number of hydrogen-bond acceptors (Lipinski definition) is 3. The molecule has 0 bridgehead atoms. The lowest BCUT2D eigenvalue weighted by atomic mass is 10.1. The summed E-state index contributed by atoms with van der Waals surface area (Å²) in [5.41, 5.74) is 0. The summed E-state index contributed by atoms with van der Waals surface area (Å²) in [7, 11) is 3.54. The SMILES string of the molecule is CC(=O)NC1CCN(CC(=O)N(C)C)CC1. The van der Waals surface area contributed by atoms with Crippen molar-refractivity contribution in [1.82, 2.24) is 15.1 Å². The van der Waals surface area contributed by atoms with Crippen LogP contribution in [0.4, 0.5) is 0 Å². The van der Waals surface area contributed by atoms with Gasteiger partial charge in [-0.3, -0.25) is 14.5 Å². The van der Waals surface area contributed by atoms with Crippen LogP contribution in [0.15, 0.2) is 0 Å². The Labute approximate surface area is 96.8 Å². The molecule has 1 N–H and O–H groups in total. The molecule has 0 atom stereocenters. The Balaban J connectivity index is 2.27. The molecule has 1 aliphatic rings. The number of likely N-dealkylation sites (N-methyl/N-ethyl adjacent to an activating group) is 1. The van der Waals surface area contributed by atoms with Crippen LogP contribution in [0, 0.1) is 0 Å². The summed E-state index contributed by atoms with van der Waals surface area (Å²) in [6.45, 7) is 3.79. The van der Waals surface area contributed by atoms with Crippen molar-refractivity contribution in [2.24, 2.45) is 0 Å². The van der Waals surface area contributed by atoms with Crippen LogP contribution in [0.1, 0.15) is 19.8 Å². The third-order valence-corrected chi connectivity index (χ3v) is 2.85. The van der Waals surface area contributed by atoms with E-state index in [2.05, 4.69) is 10.2 Å². The van der Waals surface area contributed by atoms with Gasteiger partial charge in [-0.15, -0.1) is 0 Å². The third kappa shape index (κ3) is 4.18. The maximum Gasteiger partial charge on any atom is 0.236 e. The number of piperidine rings is 1. The Morgan fingerprint density at radius 3 is 2.31 bits per heavy atom. The highest BCUT2D eigenvalue weighted by Gasteiger charge is 2.21. The average molecular weight is 227 g/mol. The number of carbonyl (C=O) groups is 2. The third-order valence-electron chi connectivity index (χ3n) is 2.85. The molecule has 1 rings (SSSR count). The lowest BCUT2D eigenvalue weighted by molar-refractivity contribution is -0.130. The highest BCUT2D eigenvalue weighted by Crippen LogP contribution is 2.09. The van der Waals surface area contributed by atoms with E-state index in [4.69, 9.17) is 0 Å². The van der Waals surface area contributed by atoms with E-state index in [1.165, 1.54) is 0 Å². The molecule has 0 saturated carbocycles. The fourth-order valence-electron chi connectivity index (χ4n) is 1.86. The lowest BCUT2D eigenvalue weighted by Crippen LogP contribution is -2.46. The predicted molar refractivity (Wildman–Crippen MR) is 62.0 cm³/mol. The van der Waals surface area contributed by atoms with Crippen molar-refractivity contribution in [1.29, 1.82) is 0 Å². The quantitative estimate of drug-likeness (QED) is 0.718. The first-order chi connectivity index (χ1) is 7.49. The van der Waals surface area contributed by atoms with E-state index in [-0.39, 0.29) is 17.9 Å². The van der Waals surface area contributed by atoms with Crippen LogP contribution in [0.25, 0.3) is 0 Å². The summed E-state index contributed by atoms with van der Waals surface area (Å²) >= 11 is 0. The molecule has 1 aliphatic heterocycles. The zero-order valence-corrected chi connectivity index (χ0v) is 10.3. The molecule has 92 valence electrons. The van der Waals surface area contributed by atoms with E-state index >= 15 is 0 Å². The van der Waals surface area contributed by atoms with Gasteiger partial charge in [0.1, 0.15) is 0 Å². The number of hydrogen-bond donors (Lipinski definition) is 1. The molecule has 0 aromatic carbocycles. The molecular weight excluding hydrogens is 206 g/mol. The minimum absolute atomic E-state index is 0.0304. The molecule has 0 radical (unpaired) electrons. The van der Waals surface area contributed by atoms with Crippen molar-refractivity contribution in [2.45, 2.75) is 25.8 Å². The monoisotopic (exact) mass is 227 g/mol. The van der Waals surface area contributed by atoms with Gasteiger partial charge in [-0.25, -0.2) is 0 Å². The molecule has 5 heteroatoms. The molecule has 5 nitrogen and oxygen atoms in total. The van der Waals surface area contributed by atoms with E-state index < -0.39 is 0 Å². The molecular formula is C11H21N3O2. The van der Waals surface area contributed by atoms with Gasteiger partial charge in [0, 0.05) is 40.2 Å². The molecule has 0 aliphatic carbocycles. The summed E-state index contributed by atoms with van der Waals surface area (Å²) in [4.78, 5) is 26.1. The maximum atomic E-state index is 11.5. The van der Waals surface area contributed by atoms with Crippen LogP contribution in [-0.2, 0) is 9.59 Å². The van der Waals surface area contributed by atoms with E-state index in [1.807, 2.05) is 0 Å². The van der Waals surface area contributed by atoms with Gasteiger partial charge in [0.05, 0.1) is 6.54 Å². The van der Waals surface area contributed by atoms with Gasteiger partial charge in [0.15, 0.2) is 0 Å². The van der Waals surface area contributed by atoms with Crippen LogP contribution < -0.4 is 5.32 Å². The number of amides is 2. The minimum atomic E-state index is 0.0304. The topological polar surface area (TPSA) is 52.7 Å². The molecule has 16 heavy (non-hydrogen) atoms. The van der Waals surface area contributed by atoms with Crippen molar-refractivity contribution in [3.05, 3.63) is 0 Å². The predicted octanol–water partition coefficient (Wildman–Crippen LogP) is -0.325. The van der Waals surface area contributed by atoms with Gasteiger partial charge in [0.25, 0.3) is 0 Å². The standard InChI is InChI=1S/C11H21N3O2/c1-9(15)12-10-4-6-14(7-5-10)8-11(16)13(2)3/h10H,4-8H2,1-3H3,(H,12,15). The summed E-state index contributed by atoms with van der Waals surface area (Å²) in [6, 6.07) is 0.281. The smallest absolute Gasteiger partial charge is 0.236 e. The van der Waals surface area contributed by atoms with Crippen LogP contribution >= 0.6 is 0 Å². The van der Waals surface area contributed by atoms with Crippen LogP contribution in [-0.4, -0.2) is 61.4 Å². The normalized spacial score (nSPS) is 18.2. The highest BCUT2D eigenvalue weighted by atomic mass is 16.2. The van der Waals surface area contributed by atoms with Gasteiger partial charge in [-0.2, -0.15) is 0 Å². The first-order valence-corrected chi connectivity index (χ1v) is 5.68. The van der Waals surface area contributed by atoms with Crippen molar-refractivity contribution in [3.63, 3.8) is 0 Å². The summed E-state index contributed by atoms with van der Waals surface area (Å²) in [5.74, 6) is 0.167. The van der Waals surface area contributed by atoms with E-state index in [9.17, 15) is 9.59 Å². The highest BCUT2D eigenvalue weighted by molar-refractivity contribution is 5.77. The Morgan fingerprint density at radius 2 is 1.88 bits per heavy atom. The molecule has 1 saturated heterocycles. The van der Waals surface area contributed by atoms with E-state index in [1.54, 1.807) is 25.9 Å². The van der Waals surface area contributed by atoms with Gasteiger partial charge in [-0.05, 0) is 12.8 Å². The molecule has 0 aromatic heterocycles. The summed E-state index contributed by atoms with van der Waals surface area (Å²) in [5, 5.41) is 2.92. The summed E-state index contributed by atoms with van der Waals surface area (Å²) in [6.07, 6.45) is 1.86. The molecule has 1 fully saturated rings. The van der Waals surface area contributed by atoms with Crippen molar-refractivity contribution >= 4 is 11.8 Å². The Hall–Kier alpha value is -1.10. The molecule has 2 amide bonds. The summed E-state index contributed by atoms with van der Waals surface area (Å²) < 4.78 is 0. The van der Waals surface area contributed by atoms with Gasteiger partial charge in [0.2, 0.25) is 11.8 Å². The Kier molecular flexibility index (Phi) is 4.73. The molecule has 0 spiro atoms. The number of likely N-dealkylation sites (tertiary alicyclic amines) is 1. The minimum Gasteiger partial charge on any atom is -0.354 e. The fourth-order valence-corrected chi connectivity index (χ4v) is 1.86. The van der Waals surface area contributed by atoms with Crippen LogP contribution in [0.3, 0.4) is 0 Å². The van der Waals surface area contributed by atoms with Gasteiger partial charge < -0.3 is 10.2 Å². The van der Waals surface area contributed by atoms with Gasteiger partial charge >= 0.3 is 0 Å². The number of carbonyl (C=O) groups excluding carboxylic acids is 2. The van der Waals surface area contributed by atoms with E-state index in [0.29, 0.717) is 6.54 Å². The molecule has 1 heterocycles. The first-order valence-electron chi connectivity index (χ1n) is 5.68. The fraction of sp³-hybridized carbons (Fsp3) is 0.818. The van der Waals surface area contributed by atoms with Crippen LogP contribution in [0.5, 0.6) is 0 Å².